The van der Waals surface area contributed by atoms with Crippen molar-refractivity contribution in [1.82, 2.24) is 15.1 Å². The number of nitrogens with one attached hydrogen (secondary N) is 1. The number of nitrogens with zero attached hydrogens (tertiary/aromatic N) is 2. The average molecular weight is 265 g/mol. The molecule has 5 nitrogen and oxygen atoms in total. The minimum Gasteiger partial charge on any atom is -0.378 e. The van der Waals surface area contributed by atoms with E-state index in [9.17, 15) is 0 Å². The molecule has 1 aromatic heterocycles. The number of ether oxygens (including phenoxy) is 2. The second-order valence-corrected chi connectivity index (χ2v) is 5.67. The molecule has 2 aliphatic heterocycles. The van der Waals surface area contributed by atoms with E-state index in [1.54, 1.807) is 0 Å². The third kappa shape index (κ3) is 2.99. The third-order valence-corrected chi connectivity index (χ3v) is 4.30. The van der Waals surface area contributed by atoms with Gasteiger partial charge in [-0.25, -0.2) is 0 Å². The fourth-order valence-corrected chi connectivity index (χ4v) is 3.12. The summed E-state index contributed by atoms with van der Waals surface area (Å²) in [6.45, 7) is 3.47. The lowest BCUT2D eigenvalue weighted by atomic mass is 9.89. The Labute approximate surface area is 114 Å². The Morgan fingerprint density at radius 1 is 1.53 bits per heavy atom. The second kappa shape index (κ2) is 5.61. The zero-order chi connectivity index (χ0) is 13.1. The molecule has 1 aromatic rings. The molecule has 2 saturated heterocycles. The maximum absolute atomic E-state index is 5.95. The minimum absolute atomic E-state index is 0.00243. The molecule has 3 rings (SSSR count). The number of aromatic nitrogens is 2. The van der Waals surface area contributed by atoms with E-state index in [4.69, 9.17) is 9.47 Å². The first-order chi connectivity index (χ1) is 9.27. The second-order valence-electron chi connectivity index (χ2n) is 5.67. The number of hydrogen-bond acceptors (Lipinski definition) is 4. The van der Waals surface area contributed by atoms with Crippen molar-refractivity contribution >= 4 is 0 Å². The fraction of sp³-hybridized carbons (Fsp3) is 0.786. The number of aryl methyl sites for hydroxylation is 1. The van der Waals surface area contributed by atoms with Gasteiger partial charge < -0.3 is 14.8 Å². The van der Waals surface area contributed by atoms with Crippen LogP contribution < -0.4 is 5.32 Å². The lowest BCUT2D eigenvalue weighted by Crippen LogP contribution is -2.47. The van der Waals surface area contributed by atoms with Gasteiger partial charge in [-0.1, -0.05) is 0 Å². The van der Waals surface area contributed by atoms with Crippen molar-refractivity contribution in [1.29, 1.82) is 0 Å². The summed E-state index contributed by atoms with van der Waals surface area (Å²) in [6, 6.07) is 2.64. The number of hydrogen-bond donors (Lipinski definition) is 1. The zero-order valence-electron chi connectivity index (χ0n) is 11.6. The highest BCUT2D eigenvalue weighted by molar-refractivity contribution is 5.00. The van der Waals surface area contributed by atoms with E-state index < -0.39 is 0 Å². The molecule has 0 saturated carbocycles. The van der Waals surface area contributed by atoms with Gasteiger partial charge >= 0.3 is 0 Å². The molecule has 0 amide bonds. The van der Waals surface area contributed by atoms with Crippen LogP contribution in [-0.4, -0.2) is 47.8 Å². The molecule has 2 atom stereocenters. The first-order valence-electron chi connectivity index (χ1n) is 7.19. The van der Waals surface area contributed by atoms with Crippen LogP contribution in [0.25, 0.3) is 0 Å². The summed E-state index contributed by atoms with van der Waals surface area (Å²) < 4.78 is 13.4. The Morgan fingerprint density at radius 3 is 3.21 bits per heavy atom. The van der Waals surface area contributed by atoms with Crippen molar-refractivity contribution in [3.8, 4) is 0 Å². The smallest absolute Gasteiger partial charge is 0.0951 e. The largest absolute Gasteiger partial charge is 0.378 e. The molecule has 19 heavy (non-hydrogen) atoms. The third-order valence-electron chi connectivity index (χ3n) is 4.30. The monoisotopic (exact) mass is 265 g/mol. The Kier molecular flexibility index (Phi) is 3.86. The van der Waals surface area contributed by atoms with Crippen LogP contribution in [0.15, 0.2) is 12.3 Å². The molecule has 0 radical (unpaired) electrons. The molecule has 2 aliphatic rings. The van der Waals surface area contributed by atoms with Crippen LogP contribution in [0.3, 0.4) is 0 Å². The molecule has 5 heteroatoms. The highest BCUT2D eigenvalue weighted by Crippen LogP contribution is 2.32. The standard InChI is InChI=1S/C14H23N3O2/c1-17-13(3-7-16-17)2-6-15-12-4-8-19-14(10-12)5-9-18-11-14/h3,7,12,15H,2,4-6,8-11H2,1H3. The summed E-state index contributed by atoms with van der Waals surface area (Å²) in [5.41, 5.74) is 1.28. The normalized spacial score (nSPS) is 31.1. The van der Waals surface area contributed by atoms with E-state index in [0.717, 1.165) is 52.0 Å². The summed E-state index contributed by atoms with van der Waals surface area (Å²) in [4.78, 5) is 0. The van der Waals surface area contributed by atoms with Gasteiger partial charge in [0.1, 0.15) is 0 Å². The maximum atomic E-state index is 5.95. The van der Waals surface area contributed by atoms with E-state index in [-0.39, 0.29) is 5.60 Å². The van der Waals surface area contributed by atoms with Crippen LogP contribution in [0.5, 0.6) is 0 Å². The number of rotatable bonds is 4. The van der Waals surface area contributed by atoms with Crippen LogP contribution in [0.2, 0.25) is 0 Å². The lowest BCUT2D eigenvalue weighted by molar-refractivity contribution is -0.0891. The van der Waals surface area contributed by atoms with Crippen molar-refractivity contribution in [2.24, 2.45) is 7.05 Å². The maximum Gasteiger partial charge on any atom is 0.0951 e. The van der Waals surface area contributed by atoms with Crippen LogP contribution in [0.1, 0.15) is 25.0 Å². The Balaban J connectivity index is 1.46. The highest BCUT2D eigenvalue weighted by atomic mass is 16.6. The molecule has 2 unspecified atom stereocenters. The van der Waals surface area contributed by atoms with Gasteiger partial charge in [-0.2, -0.15) is 5.10 Å². The van der Waals surface area contributed by atoms with Crippen LogP contribution >= 0.6 is 0 Å². The van der Waals surface area contributed by atoms with Crippen LogP contribution in [-0.2, 0) is 22.9 Å². The van der Waals surface area contributed by atoms with Crippen molar-refractivity contribution in [3.63, 3.8) is 0 Å². The first-order valence-corrected chi connectivity index (χ1v) is 7.19. The van der Waals surface area contributed by atoms with Crippen LogP contribution in [0.4, 0.5) is 0 Å². The van der Waals surface area contributed by atoms with Crippen LogP contribution in [0, 0.1) is 0 Å². The zero-order valence-corrected chi connectivity index (χ0v) is 11.6. The van der Waals surface area contributed by atoms with Gasteiger partial charge in [0.2, 0.25) is 0 Å². The van der Waals surface area contributed by atoms with Gasteiger partial charge in [0.25, 0.3) is 0 Å². The molecule has 2 fully saturated rings. The Morgan fingerprint density at radius 2 is 2.47 bits per heavy atom. The topological polar surface area (TPSA) is 48.3 Å². The van der Waals surface area contributed by atoms with Gasteiger partial charge in [0, 0.05) is 57.6 Å². The fourth-order valence-electron chi connectivity index (χ4n) is 3.12. The molecular weight excluding hydrogens is 242 g/mol. The van der Waals surface area contributed by atoms with E-state index in [0.29, 0.717) is 6.04 Å². The quantitative estimate of drug-likeness (QED) is 0.878. The van der Waals surface area contributed by atoms with E-state index in [2.05, 4.69) is 16.5 Å². The van der Waals surface area contributed by atoms with Crippen molar-refractivity contribution in [2.75, 3.05) is 26.4 Å². The van der Waals surface area contributed by atoms with Gasteiger partial charge in [-0.3, -0.25) is 4.68 Å². The van der Waals surface area contributed by atoms with E-state index in [1.807, 2.05) is 17.9 Å². The van der Waals surface area contributed by atoms with E-state index in [1.165, 1.54) is 5.69 Å². The molecule has 0 aliphatic carbocycles. The summed E-state index contributed by atoms with van der Waals surface area (Å²) >= 11 is 0. The first kappa shape index (κ1) is 13.1. The minimum atomic E-state index is 0.00243. The molecule has 3 heterocycles. The van der Waals surface area contributed by atoms with Crippen molar-refractivity contribution in [3.05, 3.63) is 18.0 Å². The average Bonchev–Trinajstić information content (AvgIpc) is 3.01. The van der Waals surface area contributed by atoms with Crippen molar-refractivity contribution in [2.45, 2.75) is 37.3 Å². The molecule has 1 spiro atoms. The summed E-state index contributed by atoms with van der Waals surface area (Å²) in [7, 11) is 1.99. The molecule has 106 valence electrons. The summed E-state index contributed by atoms with van der Waals surface area (Å²) in [6.07, 6.45) is 6.12. The van der Waals surface area contributed by atoms with Crippen molar-refractivity contribution < 1.29 is 9.47 Å². The molecule has 0 aromatic carbocycles. The van der Waals surface area contributed by atoms with Gasteiger partial charge in [-0.05, 0) is 18.9 Å². The molecule has 0 bridgehead atoms. The predicted molar refractivity (Wildman–Crippen MR) is 72.1 cm³/mol. The highest BCUT2D eigenvalue weighted by Gasteiger charge is 2.40. The SMILES string of the molecule is Cn1nccc1CCNC1CCOC2(CCOC2)C1. The van der Waals surface area contributed by atoms with Gasteiger partial charge in [-0.15, -0.1) is 0 Å². The van der Waals surface area contributed by atoms with Gasteiger partial charge in [0.05, 0.1) is 12.2 Å². The summed E-state index contributed by atoms with van der Waals surface area (Å²) in [5.74, 6) is 0. The summed E-state index contributed by atoms with van der Waals surface area (Å²) in [5, 5.41) is 7.85. The Hall–Kier alpha value is -0.910. The lowest BCUT2D eigenvalue weighted by Gasteiger charge is -2.37. The predicted octanol–water partition coefficient (Wildman–Crippen LogP) is 0.890. The molecular formula is C14H23N3O2. The Bertz CT molecular complexity index is 413. The molecule has 1 N–H and O–H groups in total. The van der Waals surface area contributed by atoms with E-state index >= 15 is 0 Å². The van der Waals surface area contributed by atoms with Gasteiger partial charge in [0.15, 0.2) is 0 Å².